The molecule has 74 valence electrons. The zero-order valence-electron chi connectivity index (χ0n) is 7.88. The van der Waals surface area contributed by atoms with Crippen molar-refractivity contribution in [1.29, 1.82) is 0 Å². The molecule has 0 bridgehead atoms. The summed E-state index contributed by atoms with van der Waals surface area (Å²) in [6, 6.07) is 0. The van der Waals surface area contributed by atoms with E-state index in [1.54, 1.807) is 0 Å². The molecule has 1 rings (SSSR count). The number of ether oxygens (including phenoxy) is 2. The van der Waals surface area contributed by atoms with Gasteiger partial charge in [-0.2, -0.15) is 0 Å². The van der Waals surface area contributed by atoms with Crippen molar-refractivity contribution in [2.24, 2.45) is 0 Å². The summed E-state index contributed by atoms with van der Waals surface area (Å²) in [5.41, 5.74) is 0. The Bertz CT molecular complexity index is 195. The Morgan fingerprint density at radius 3 is 3.08 bits per heavy atom. The molecular weight excluding hydrogens is 232 g/mol. The molecule has 0 amide bonds. The normalized spacial score (nSPS) is 27.8. The van der Waals surface area contributed by atoms with Crippen LogP contribution >= 0.6 is 15.9 Å². The summed E-state index contributed by atoms with van der Waals surface area (Å²) in [5, 5.41) is 0. The highest BCUT2D eigenvalue weighted by atomic mass is 79.9. The van der Waals surface area contributed by atoms with Crippen molar-refractivity contribution < 1.29 is 9.47 Å². The second kappa shape index (κ2) is 6.42. The Hall–Kier alpha value is -0.0400. The minimum absolute atomic E-state index is 0.111. The van der Waals surface area contributed by atoms with Crippen LogP contribution in [0.15, 0.2) is 0 Å². The molecule has 2 unspecified atom stereocenters. The smallest absolute Gasteiger partial charge is 0.171 e. The summed E-state index contributed by atoms with van der Waals surface area (Å²) in [4.78, 5) is 0.324. The van der Waals surface area contributed by atoms with Crippen molar-refractivity contribution in [3.63, 3.8) is 0 Å². The van der Waals surface area contributed by atoms with Crippen molar-refractivity contribution >= 4 is 15.9 Å². The highest BCUT2D eigenvalue weighted by Crippen LogP contribution is 2.21. The maximum absolute atomic E-state index is 5.45. The van der Waals surface area contributed by atoms with Gasteiger partial charge in [-0.15, -0.1) is 5.92 Å². The van der Waals surface area contributed by atoms with E-state index in [2.05, 4.69) is 27.8 Å². The van der Waals surface area contributed by atoms with Crippen LogP contribution < -0.4 is 0 Å². The molecule has 0 aromatic heterocycles. The van der Waals surface area contributed by atoms with Gasteiger partial charge in [0.2, 0.25) is 0 Å². The lowest BCUT2D eigenvalue weighted by molar-refractivity contribution is -0.148. The summed E-state index contributed by atoms with van der Waals surface area (Å²) in [7, 11) is 0. The lowest BCUT2D eigenvalue weighted by atomic mass is 10.2. The van der Waals surface area contributed by atoms with E-state index in [0.29, 0.717) is 11.4 Å². The molecular formula is C10H15BrO2. The Labute approximate surface area is 88.1 Å². The molecule has 0 aromatic carbocycles. The first-order valence-corrected chi connectivity index (χ1v) is 5.59. The minimum atomic E-state index is -0.111. The molecule has 0 aromatic rings. The topological polar surface area (TPSA) is 18.5 Å². The Morgan fingerprint density at radius 2 is 2.38 bits per heavy atom. The van der Waals surface area contributed by atoms with Crippen LogP contribution in [0.25, 0.3) is 0 Å². The Kier molecular flexibility index (Phi) is 5.45. The maximum atomic E-state index is 5.45. The summed E-state index contributed by atoms with van der Waals surface area (Å²) in [6.45, 7) is 3.30. The first-order valence-electron chi connectivity index (χ1n) is 4.67. The van der Waals surface area contributed by atoms with Crippen LogP contribution in [0, 0.1) is 11.8 Å². The zero-order valence-corrected chi connectivity index (χ0v) is 9.47. The number of alkyl halides is 1. The predicted octanol–water partition coefficient (Wildman–Crippen LogP) is 2.32. The van der Waals surface area contributed by atoms with Gasteiger partial charge in [0.1, 0.15) is 6.61 Å². The zero-order chi connectivity index (χ0) is 9.52. The molecule has 1 fully saturated rings. The largest absolute Gasteiger partial charge is 0.351 e. The molecule has 0 aliphatic carbocycles. The van der Waals surface area contributed by atoms with Crippen LogP contribution in [-0.2, 0) is 9.47 Å². The van der Waals surface area contributed by atoms with Crippen molar-refractivity contribution in [1.82, 2.24) is 0 Å². The SMILES string of the molecule is CCC#CCOC1OCCCC1Br. The summed E-state index contributed by atoms with van der Waals surface area (Å²) in [6.07, 6.45) is 2.99. The number of hydrogen-bond acceptors (Lipinski definition) is 2. The summed E-state index contributed by atoms with van der Waals surface area (Å²) < 4.78 is 10.9. The van der Waals surface area contributed by atoms with Crippen molar-refractivity contribution in [2.45, 2.75) is 37.3 Å². The van der Waals surface area contributed by atoms with Gasteiger partial charge in [-0.05, 0) is 12.8 Å². The van der Waals surface area contributed by atoms with Crippen LogP contribution in [0.2, 0.25) is 0 Å². The van der Waals surface area contributed by atoms with Gasteiger partial charge in [0.25, 0.3) is 0 Å². The molecule has 1 heterocycles. The highest BCUT2D eigenvalue weighted by Gasteiger charge is 2.23. The third-order valence-electron chi connectivity index (χ3n) is 1.82. The molecule has 1 aliphatic rings. The van der Waals surface area contributed by atoms with E-state index in [-0.39, 0.29) is 6.29 Å². The molecule has 1 aliphatic heterocycles. The molecule has 3 heteroatoms. The van der Waals surface area contributed by atoms with E-state index in [4.69, 9.17) is 9.47 Å². The average molecular weight is 247 g/mol. The van der Waals surface area contributed by atoms with Gasteiger partial charge < -0.3 is 9.47 Å². The molecule has 2 nitrogen and oxygen atoms in total. The number of halogens is 1. The number of rotatable bonds is 2. The second-order valence-corrected chi connectivity index (χ2v) is 4.09. The average Bonchev–Trinajstić information content (AvgIpc) is 2.15. The monoisotopic (exact) mass is 246 g/mol. The fraction of sp³-hybridized carbons (Fsp3) is 0.800. The first kappa shape index (κ1) is 11.0. The van der Waals surface area contributed by atoms with Gasteiger partial charge in [0.15, 0.2) is 6.29 Å². The van der Waals surface area contributed by atoms with Crippen LogP contribution in [-0.4, -0.2) is 24.3 Å². The molecule has 0 radical (unpaired) electrons. The third-order valence-corrected chi connectivity index (χ3v) is 2.71. The van der Waals surface area contributed by atoms with Crippen LogP contribution in [0.5, 0.6) is 0 Å². The molecule has 0 spiro atoms. The fourth-order valence-electron chi connectivity index (χ4n) is 1.17. The molecule has 1 saturated heterocycles. The number of hydrogen-bond donors (Lipinski definition) is 0. The molecule has 2 atom stereocenters. The summed E-state index contributed by atoms with van der Waals surface area (Å²) >= 11 is 3.53. The van der Waals surface area contributed by atoms with Gasteiger partial charge in [-0.25, -0.2) is 0 Å². The van der Waals surface area contributed by atoms with Crippen molar-refractivity contribution in [2.75, 3.05) is 13.2 Å². The van der Waals surface area contributed by atoms with Crippen molar-refractivity contribution in [3.05, 3.63) is 0 Å². The lowest BCUT2D eigenvalue weighted by Crippen LogP contribution is -2.32. The van der Waals surface area contributed by atoms with E-state index in [1.165, 1.54) is 0 Å². The first-order chi connectivity index (χ1) is 6.34. The quantitative estimate of drug-likeness (QED) is 0.550. The van der Waals surface area contributed by atoms with Crippen molar-refractivity contribution in [3.8, 4) is 11.8 Å². The lowest BCUT2D eigenvalue weighted by Gasteiger charge is -2.26. The third kappa shape index (κ3) is 4.12. The van der Waals surface area contributed by atoms with E-state index in [0.717, 1.165) is 25.9 Å². The molecule has 0 saturated carbocycles. The van der Waals surface area contributed by atoms with Crippen LogP contribution in [0.3, 0.4) is 0 Å². The second-order valence-electron chi connectivity index (χ2n) is 2.92. The minimum Gasteiger partial charge on any atom is -0.351 e. The highest BCUT2D eigenvalue weighted by molar-refractivity contribution is 9.09. The Balaban J connectivity index is 2.18. The Morgan fingerprint density at radius 1 is 1.54 bits per heavy atom. The van der Waals surface area contributed by atoms with E-state index in [1.807, 2.05) is 6.92 Å². The maximum Gasteiger partial charge on any atom is 0.171 e. The van der Waals surface area contributed by atoms with Crippen LogP contribution in [0.4, 0.5) is 0 Å². The van der Waals surface area contributed by atoms with Gasteiger partial charge in [0.05, 0.1) is 4.83 Å². The predicted molar refractivity (Wildman–Crippen MR) is 55.7 cm³/mol. The standard InChI is InChI=1S/C10H15BrO2/c1-2-3-4-7-12-10-9(11)6-5-8-13-10/h9-10H,2,5-8H2,1H3. The van der Waals surface area contributed by atoms with Gasteiger partial charge in [0, 0.05) is 13.0 Å². The van der Waals surface area contributed by atoms with E-state index in [9.17, 15) is 0 Å². The summed E-state index contributed by atoms with van der Waals surface area (Å²) in [5.74, 6) is 5.89. The van der Waals surface area contributed by atoms with Gasteiger partial charge in [-0.1, -0.05) is 28.8 Å². The van der Waals surface area contributed by atoms with Crippen LogP contribution in [0.1, 0.15) is 26.2 Å². The van der Waals surface area contributed by atoms with Gasteiger partial charge >= 0.3 is 0 Å². The van der Waals surface area contributed by atoms with E-state index < -0.39 is 0 Å². The molecule has 13 heavy (non-hydrogen) atoms. The fourth-order valence-corrected chi connectivity index (χ4v) is 1.80. The molecule has 0 N–H and O–H groups in total. The van der Waals surface area contributed by atoms with E-state index >= 15 is 0 Å². The van der Waals surface area contributed by atoms with Gasteiger partial charge in [-0.3, -0.25) is 0 Å².